The first kappa shape index (κ1) is 14.7. The van der Waals surface area contributed by atoms with Crippen LogP contribution in [-0.2, 0) is 13.1 Å². The molecule has 2 aromatic rings. The van der Waals surface area contributed by atoms with E-state index >= 15 is 0 Å². The smallest absolute Gasteiger partial charge is 0.0786 e. The molecule has 4 nitrogen and oxygen atoms in total. The van der Waals surface area contributed by atoms with E-state index in [1.165, 1.54) is 5.56 Å². The van der Waals surface area contributed by atoms with Crippen LogP contribution in [0.2, 0.25) is 5.02 Å². The number of para-hydroxylation sites is 1. The van der Waals surface area contributed by atoms with E-state index < -0.39 is 0 Å². The van der Waals surface area contributed by atoms with Crippen LogP contribution in [0.25, 0.3) is 0 Å². The summed E-state index contributed by atoms with van der Waals surface area (Å²) in [5.74, 6) is 0. The Bertz CT molecular complexity index is 563. The highest BCUT2D eigenvalue weighted by Crippen LogP contribution is 2.32. The Kier molecular flexibility index (Phi) is 4.90. The van der Waals surface area contributed by atoms with Crippen molar-refractivity contribution in [2.24, 2.45) is 0 Å². The molecule has 0 amide bonds. The maximum atomic E-state index is 6.25. The van der Waals surface area contributed by atoms with Crippen LogP contribution in [0.15, 0.2) is 30.6 Å². The van der Waals surface area contributed by atoms with Crippen molar-refractivity contribution in [3.63, 3.8) is 0 Å². The first-order chi connectivity index (χ1) is 9.61. The lowest BCUT2D eigenvalue weighted by molar-refractivity contribution is 0.602. The second kappa shape index (κ2) is 6.66. The normalized spacial score (nSPS) is 10.6. The lowest BCUT2D eigenvalue weighted by atomic mass is 10.2. The van der Waals surface area contributed by atoms with Gasteiger partial charge >= 0.3 is 0 Å². The Morgan fingerprint density at radius 1 is 1.35 bits per heavy atom. The number of aryl methyl sites for hydroxylation is 1. The number of nitrogens with zero attached hydrogens (tertiary/aromatic N) is 3. The van der Waals surface area contributed by atoms with Crippen LogP contribution < -0.4 is 10.2 Å². The number of benzene rings is 1. The van der Waals surface area contributed by atoms with E-state index in [0.717, 1.165) is 35.9 Å². The molecule has 0 bridgehead atoms. The summed E-state index contributed by atoms with van der Waals surface area (Å²) in [6.07, 6.45) is 5.08. The van der Waals surface area contributed by atoms with Crippen molar-refractivity contribution in [2.75, 3.05) is 24.3 Å². The molecular weight excluding hydrogens is 272 g/mol. The quantitative estimate of drug-likeness (QED) is 0.883. The minimum absolute atomic E-state index is 0.741. The molecule has 0 radical (unpaired) electrons. The molecule has 0 aliphatic rings. The van der Waals surface area contributed by atoms with Crippen molar-refractivity contribution in [1.29, 1.82) is 0 Å². The van der Waals surface area contributed by atoms with Gasteiger partial charge in [0, 0.05) is 38.9 Å². The lowest BCUT2D eigenvalue weighted by Crippen LogP contribution is -2.12. The summed E-state index contributed by atoms with van der Waals surface area (Å²) in [6.45, 7) is 3.85. The van der Waals surface area contributed by atoms with Crippen molar-refractivity contribution in [2.45, 2.75) is 26.4 Å². The van der Waals surface area contributed by atoms with Gasteiger partial charge in [0.05, 0.1) is 22.6 Å². The highest BCUT2D eigenvalue weighted by molar-refractivity contribution is 6.34. The zero-order chi connectivity index (χ0) is 14.5. The Hall–Kier alpha value is -1.68. The third-order valence-corrected chi connectivity index (χ3v) is 3.36. The van der Waals surface area contributed by atoms with Crippen LogP contribution in [-0.4, -0.2) is 23.9 Å². The Morgan fingerprint density at radius 3 is 2.85 bits per heavy atom. The van der Waals surface area contributed by atoms with Gasteiger partial charge in [-0.05, 0) is 18.6 Å². The molecule has 0 spiro atoms. The fourth-order valence-corrected chi connectivity index (χ4v) is 2.50. The van der Waals surface area contributed by atoms with Gasteiger partial charge in [0.15, 0.2) is 0 Å². The minimum Gasteiger partial charge on any atom is -0.379 e. The van der Waals surface area contributed by atoms with Crippen LogP contribution in [0.3, 0.4) is 0 Å². The maximum Gasteiger partial charge on any atom is 0.0786 e. The van der Waals surface area contributed by atoms with E-state index in [0.29, 0.717) is 0 Å². The summed E-state index contributed by atoms with van der Waals surface area (Å²) in [6, 6.07) is 5.90. The molecule has 1 N–H and O–H groups in total. The first-order valence-electron chi connectivity index (χ1n) is 6.83. The van der Waals surface area contributed by atoms with Gasteiger partial charge in [-0.25, -0.2) is 0 Å². The molecule has 2 rings (SSSR count). The van der Waals surface area contributed by atoms with Crippen molar-refractivity contribution in [3.8, 4) is 0 Å². The third-order valence-electron chi connectivity index (χ3n) is 3.06. The SMILES string of the molecule is CCCn1cc(CNc2cccc(Cl)c2N(C)C)cn1. The zero-order valence-electron chi connectivity index (χ0n) is 12.2. The highest BCUT2D eigenvalue weighted by Gasteiger charge is 2.09. The number of anilines is 2. The van der Waals surface area contributed by atoms with Crippen LogP contribution in [0, 0.1) is 0 Å². The largest absolute Gasteiger partial charge is 0.379 e. The predicted octanol–water partition coefficient (Wildman–Crippen LogP) is 3.62. The molecule has 5 heteroatoms. The highest BCUT2D eigenvalue weighted by atomic mass is 35.5. The zero-order valence-corrected chi connectivity index (χ0v) is 13.0. The Labute approximate surface area is 125 Å². The number of hydrogen-bond acceptors (Lipinski definition) is 3. The molecule has 0 atom stereocenters. The summed E-state index contributed by atoms with van der Waals surface area (Å²) in [5.41, 5.74) is 3.21. The van der Waals surface area contributed by atoms with E-state index in [-0.39, 0.29) is 0 Å². The van der Waals surface area contributed by atoms with Gasteiger partial charge in [0.25, 0.3) is 0 Å². The average Bonchev–Trinajstić information content (AvgIpc) is 2.84. The summed E-state index contributed by atoms with van der Waals surface area (Å²) in [4.78, 5) is 2.02. The van der Waals surface area contributed by atoms with Gasteiger partial charge in [-0.1, -0.05) is 24.6 Å². The van der Waals surface area contributed by atoms with E-state index in [1.807, 2.05) is 48.1 Å². The summed E-state index contributed by atoms with van der Waals surface area (Å²) >= 11 is 6.25. The summed E-state index contributed by atoms with van der Waals surface area (Å²) in [5, 5.41) is 8.51. The number of aromatic nitrogens is 2. The molecule has 108 valence electrons. The number of halogens is 1. The molecule has 0 aliphatic carbocycles. The van der Waals surface area contributed by atoms with Gasteiger partial charge in [0.2, 0.25) is 0 Å². The van der Waals surface area contributed by atoms with Crippen molar-refractivity contribution in [3.05, 3.63) is 41.2 Å². The molecule has 0 fully saturated rings. The Morgan fingerprint density at radius 2 is 2.15 bits per heavy atom. The number of hydrogen-bond donors (Lipinski definition) is 1. The van der Waals surface area contributed by atoms with Crippen LogP contribution >= 0.6 is 11.6 Å². The van der Waals surface area contributed by atoms with E-state index in [2.05, 4.69) is 23.5 Å². The molecule has 0 saturated heterocycles. The van der Waals surface area contributed by atoms with Gasteiger partial charge in [-0.2, -0.15) is 5.10 Å². The lowest BCUT2D eigenvalue weighted by Gasteiger charge is -2.19. The topological polar surface area (TPSA) is 33.1 Å². The summed E-state index contributed by atoms with van der Waals surface area (Å²) in [7, 11) is 3.98. The van der Waals surface area contributed by atoms with Crippen molar-refractivity contribution < 1.29 is 0 Å². The number of rotatable bonds is 6. The third kappa shape index (κ3) is 3.45. The molecule has 1 aromatic heterocycles. The summed E-state index contributed by atoms with van der Waals surface area (Å²) < 4.78 is 1.97. The molecular formula is C15H21ClN4. The molecule has 1 aromatic carbocycles. The number of nitrogens with one attached hydrogen (secondary N) is 1. The van der Waals surface area contributed by atoms with Crippen LogP contribution in [0.5, 0.6) is 0 Å². The minimum atomic E-state index is 0.741. The molecule has 0 aliphatic heterocycles. The molecule has 20 heavy (non-hydrogen) atoms. The van der Waals surface area contributed by atoms with Crippen molar-refractivity contribution >= 4 is 23.0 Å². The van der Waals surface area contributed by atoms with Crippen LogP contribution in [0.4, 0.5) is 11.4 Å². The van der Waals surface area contributed by atoms with Gasteiger partial charge in [0.1, 0.15) is 0 Å². The van der Waals surface area contributed by atoms with E-state index in [1.54, 1.807) is 0 Å². The first-order valence-corrected chi connectivity index (χ1v) is 7.20. The molecule has 0 saturated carbocycles. The fourth-order valence-electron chi connectivity index (χ4n) is 2.16. The average molecular weight is 293 g/mol. The monoisotopic (exact) mass is 292 g/mol. The maximum absolute atomic E-state index is 6.25. The van der Waals surface area contributed by atoms with Crippen LogP contribution in [0.1, 0.15) is 18.9 Å². The predicted molar refractivity (Wildman–Crippen MR) is 85.6 cm³/mol. The Balaban J connectivity index is 2.08. The molecule has 0 unspecified atom stereocenters. The standard InChI is InChI=1S/C15H21ClN4/c1-4-8-20-11-12(10-18-20)9-17-14-7-5-6-13(16)15(14)19(2)3/h5-7,10-11,17H,4,8-9H2,1-3H3. The second-order valence-corrected chi connectivity index (χ2v) is 5.40. The molecule has 1 heterocycles. The van der Waals surface area contributed by atoms with Gasteiger partial charge in [-0.3, -0.25) is 4.68 Å². The second-order valence-electron chi connectivity index (χ2n) is 5.00. The van der Waals surface area contributed by atoms with Gasteiger partial charge < -0.3 is 10.2 Å². The van der Waals surface area contributed by atoms with E-state index in [4.69, 9.17) is 11.6 Å². The fraction of sp³-hybridized carbons (Fsp3) is 0.400. The van der Waals surface area contributed by atoms with E-state index in [9.17, 15) is 0 Å². The van der Waals surface area contributed by atoms with Gasteiger partial charge in [-0.15, -0.1) is 0 Å². The van der Waals surface area contributed by atoms with Crippen molar-refractivity contribution in [1.82, 2.24) is 9.78 Å².